The van der Waals surface area contributed by atoms with E-state index in [0.717, 1.165) is 5.52 Å². The Hall–Kier alpha value is -2.82. The first-order chi connectivity index (χ1) is 9.72. The zero-order valence-corrected chi connectivity index (χ0v) is 10.4. The van der Waals surface area contributed by atoms with Crippen LogP contribution in [0.5, 0.6) is 5.75 Å². The maximum absolute atomic E-state index is 11.8. The molecule has 0 radical (unpaired) electrons. The van der Waals surface area contributed by atoms with Crippen LogP contribution in [0.15, 0.2) is 52.9 Å². The van der Waals surface area contributed by atoms with E-state index in [9.17, 15) is 4.79 Å². The van der Waals surface area contributed by atoms with Gasteiger partial charge in [0.1, 0.15) is 11.3 Å². The Morgan fingerprint density at radius 1 is 1.15 bits per heavy atom. The van der Waals surface area contributed by atoms with Gasteiger partial charge >= 0.3 is 5.97 Å². The van der Waals surface area contributed by atoms with Crippen LogP contribution in [0.1, 0.15) is 16.2 Å². The highest BCUT2D eigenvalue weighted by atomic mass is 16.5. The third-order valence-corrected chi connectivity index (χ3v) is 2.77. The number of phenolic OH excluding ortho intramolecular Hbond substituents is 1. The molecule has 0 unspecified atom stereocenters. The molecule has 5 nitrogen and oxygen atoms in total. The summed E-state index contributed by atoms with van der Waals surface area (Å²) in [6, 6.07) is 13.2. The van der Waals surface area contributed by atoms with Gasteiger partial charge < -0.3 is 14.3 Å². The van der Waals surface area contributed by atoms with E-state index >= 15 is 0 Å². The third kappa shape index (κ3) is 2.47. The van der Waals surface area contributed by atoms with Crippen molar-refractivity contribution in [1.29, 1.82) is 0 Å². The average Bonchev–Trinajstić information content (AvgIpc) is 2.88. The summed E-state index contributed by atoms with van der Waals surface area (Å²) >= 11 is 0. The number of aromatic nitrogens is 1. The standard InChI is InChI=1S/C15H11NO4/c17-11-7-5-10(6-8-11)15(18)19-9-14-16-12-3-1-2-4-13(12)20-14/h1-8,17H,9H2. The van der Waals surface area contributed by atoms with E-state index in [4.69, 9.17) is 14.3 Å². The second kappa shape index (κ2) is 5.05. The Kier molecular flexibility index (Phi) is 3.09. The van der Waals surface area contributed by atoms with Gasteiger partial charge in [-0.05, 0) is 36.4 Å². The van der Waals surface area contributed by atoms with Crippen LogP contribution in [0.2, 0.25) is 0 Å². The summed E-state index contributed by atoms with van der Waals surface area (Å²) in [4.78, 5) is 16.0. The largest absolute Gasteiger partial charge is 0.508 e. The highest BCUT2D eigenvalue weighted by Crippen LogP contribution is 2.16. The molecule has 0 bridgehead atoms. The summed E-state index contributed by atoms with van der Waals surface area (Å²) in [6.45, 7) is -0.0333. The summed E-state index contributed by atoms with van der Waals surface area (Å²) in [7, 11) is 0. The highest BCUT2D eigenvalue weighted by molar-refractivity contribution is 5.89. The molecule has 100 valence electrons. The first kappa shape index (κ1) is 12.2. The summed E-state index contributed by atoms with van der Waals surface area (Å²) in [5.74, 6) is -0.0499. The van der Waals surface area contributed by atoms with E-state index in [1.807, 2.05) is 18.2 Å². The van der Waals surface area contributed by atoms with Crippen molar-refractivity contribution in [3.8, 4) is 5.75 Å². The number of nitrogens with zero attached hydrogens (tertiary/aromatic N) is 1. The minimum Gasteiger partial charge on any atom is -0.508 e. The van der Waals surface area contributed by atoms with E-state index < -0.39 is 5.97 Å². The lowest BCUT2D eigenvalue weighted by molar-refractivity contribution is 0.0440. The topological polar surface area (TPSA) is 72.6 Å². The van der Waals surface area contributed by atoms with E-state index in [1.165, 1.54) is 24.3 Å². The molecular weight excluding hydrogens is 258 g/mol. The quantitative estimate of drug-likeness (QED) is 0.740. The number of fused-ring (bicyclic) bond motifs is 1. The lowest BCUT2D eigenvalue weighted by atomic mass is 10.2. The van der Waals surface area contributed by atoms with Crippen molar-refractivity contribution in [2.24, 2.45) is 0 Å². The lowest BCUT2D eigenvalue weighted by Gasteiger charge is -2.02. The zero-order valence-electron chi connectivity index (χ0n) is 10.4. The van der Waals surface area contributed by atoms with Crippen LogP contribution in [-0.2, 0) is 11.3 Å². The van der Waals surface area contributed by atoms with Gasteiger partial charge in [-0.2, -0.15) is 0 Å². The minimum atomic E-state index is -0.493. The highest BCUT2D eigenvalue weighted by Gasteiger charge is 2.10. The van der Waals surface area contributed by atoms with Crippen molar-refractivity contribution in [3.05, 3.63) is 60.0 Å². The van der Waals surface area contributed by atoms with Crippen LogP contribution in [0.4, 0.5) is 0 Å². The molecular formula is C15H11NO4. The Bertz CT molecular complexity index is 713. The molecule has 3 aromatic rings. The van der Waals surface area contributed by atoms with Crippen LogP contribution in [-0.4, -0.2) is 16.1 Å². The van der Waals surface area contributed by atoms with Crippen molar-refractivity contribution < 1.29 is 19.1 Å². The smallest absolute Gasteiger partial charge is 0.338 e. The van der Waals surface area contributed by atoms with Crippen molar-refractivity contribution in [2.45, 2.75) is 6.61 Å². The predicted molar refractivity (Wildman–Crippen MR) is 71.2 cm³/mol. The number of carbonyl (C=O) groups is 1. The molecule has 0 spiro atoms. The fraction of sp³-hybridized carbons (Fsp3) is 0.0667. The molecule has 0 saturated carbocycles. The molecule has 3 rings (SSSR count). The van der Waals surface area contributed by atoms with Gasteiger partial charge in [0, 0.05) is 0 Å². The number of phenols is 1. The Morgan fingerprint density at radius 3 is 2.65 bits per heavy atom. The van der Waals surface area contributed by atoms with Gasteiger partial charge in [-0.25, -0.2) is 9.78 Å². The average molecular weight is 269 g/mol. The van der Waals surface area contributed by atoms with E-state index in [0.29, 0.717) is 17.0 Å². The van der Waals surface area contributed by atoms with E-state index in [-0.39, 0.29) is 12.4 Å². The van der Waals surface area contributed by atoms with Gasteiger partial charge in [-0.15, -0.1) is 0 Å². The number of rotatable bonds is 3. The monoisotopic (exact) mass is 269 g/mol. The number of para-hydroxylation sites is 2. The van der Waals surface area contributed by atoms with Gasteiger partial charge in [-0.1, -0.05) is 12.1 Å². The van der Waals surface area contributed by atoms with E-state index in [1.54, 1.807) is 6.07 Å². The maximum atomic E-state index is 11.8. The summed E-state index contributed by atoms with van der Waals surface area (Å²) in [6.07, 6.45) is 0. The number of carbonyl (C=O) groups excluding carboxylic acids is 1. The molecule has 20 heavy (non-hydrogen) atoms. The molecule has 5 heteroatoms. The molecule has 0 aliphatic rings. The Balaban J connectivity index is 1.69. The third-order valence-electron chi connectivity index (χ3n) is 2.77. The molecule has 0 fully saturated rings. The second-order valence-electron chi connectivity index (χ2n) is 4.20. The molecule has 1 N–H and O–H groups in total. The van der Waals surface area contributed by atoms with Crippen LogP contribution in [0, 0.1) is 0 Å². The van der Waals surface area contributed by atoms with Crippen LogP contribution in [0.25, 0.3) is 11.1 Å². The van der Waals surface area contributed by atoms with Gasteiger partial charge in [0.2, 0.25) is 5.89 Å². The number of oxazole rings is 1. The first-order valence-corrected chi connectivity index (χ1v) is 6.03. The van der Waals surface area contributed by atoms with Gasteiger partial charge in [0.05, 0.1) is 5.56 Å². The normalized spacial score (nSPS) is 10.6. The molecule has 0 saturated heterocycles. The Morgan fingerprint density at radius 2 is 1.90 bits per heavy atom. The molecule has 2 aromatic carbocycles. The van der Waals surface area contributed by atoms with Gasteiger partial charge in [-0.3, -0.25) is 0 Å². The van der Waals surface area contributed by atoms with Crippen LogP contribution >= 0.6 is 0 Å². The van der Waals surface area contributed by atoms with Crippen molar-refractivity contribution in [2.75, 3.05) is 0 Å². The molecule has 1 aromatic heterocycles. The molecule has 0 atom stereocenters. The van der Waals surface area contributed by atoms with Gasteiger partial charge in [0.15, 0.2) is 12.2 Å². The van der Waals surface area contributed by atoms with Crippen LogP contribution < -0.4 is 0 Å². The lowest BCUT2D eigenvalue weighted by Crippen LogP contribution is -2.05. The minimum absolute atomic E-state index is 0.0333. The summed E-state index contributed by atoms with van der Waals surface area (Å²) in [5, 5.41) is 9.15. The fourth-order valence-electron chi connectivity index (χ4n) is 1.79. The maximum Gasteiger partial charge on any atom is 0.338 e. The summed E-state index contributed by atoms with van der Waals surface area (Å²) in [5.41, 5.74) is 1.74. The number of hydrogen-bond donors (Lipinski definition) is 1. The second-order valence-corrected chi connectivity index (χ2v) is 4.20. The first-order valence-electron chi connectivity index (χ1n) is 6.03. The van der Waals surface area contributed by atoms with Crippen LogP contribution in [0.3, 0.4) is 0 Å². The molecule has 0 amide bonds. The zero-order chi connectivity index (χ0) is 13.9. The predicted octanol–water partition coefficient (Wildman–Crippen LogP) is 2.89. The fourth-order valence-corrected chi connectivity index (χ4v) is 1.79. The number of aromatic hydroxyl groups is 1. The number of hydrogen-bond acceptors (Lipinski definition) is 5. The number of ether oxygens (including phenoxy) is 1. The van der Waals surface area contributed by atoms with E-state index in [2.05, 4.69) is 4.98 Å². The van der Waals surface area contributed by atoms with Crippen molar-refractivity contribution >= 4 is 17.1 Å². The number of benzene rings is 2. The molecule has 0 aliphatic heterocycles. The molecule has 1 heterocycles. The summed E-state index contributed by atoms with van der Waals surface area (Å²) < 4.78 is 10.6. The van der Waals surface area contributed by atoms with Crippen molar-refractivity contribution in [3.63, 3.8) is 0 Å². The SMILES string of the molecule is O=C(OCc1nc2ccccc2o1)c1ccc(O)cc1. The molecule has 0 aliphatic carbocycles. The number of esters is 1. The van der Waals surface area contributed by atoms with Crippen molar-refractivity contribution in [1.82, 2.24) is 4.98 Å². The van der Waals surface area contributed by atoms with Gasteiger partial charge in [0.25, 0.3) is 0 Å². The Labute approximate surface area is 114 Å².